The monoisotopic (exact) mass is 371 g/mol. The third-order valence-corrected chi connectivity index (χ3v) is 4.99. The average Bonchev–Trinajstić information content (AvgIpc) is 2.94. The van der Waals surface area contributed by atoms with Crippen LogP contribution in [0.5, 0.6) is 11.5 Å². The number of pyridine rings is 1. The molecule has 1 aliphatic heterocycles. The second kappa shape index (κ2) is 6.53. The van der Waals surface area contributed by atoms with E-state index in [0.29, 0.717) is 23.1 Å². The van der Waals surface area contributed by atoms with Crippen LogP contribution in [0.3, 0.4) is 0 Å². The number of hydrogen-bond acceptors (Lipinski definition) is 4. The first kappa shape index (κ1) is 16.7. The molecule has 1 unspecified atom stereocenters. The number of rotatable bonds is 3. The van der Waals surface area contributed by atoms with E-state index in [1.54, 1.807) is 20.3 Å². The Bertz CT molecular complexity index is 999. The van der Waals surface area contributed by atoms with Gasteiger partial charge in [-0.05, 0) is 18.2 Å². The molecule has 1 aliphatic rings. The second-order valence-electron chi connectivity index (χ2n) is 6.13. The zero-order valence-electron chi connectivity index (χ0n) is 14.5. The normalized spacial score (nSPS) is 16.7. The van der Waals surface area contributed by atoms with Crippen LogP contribution in [0.15, 0.2) is 36.5 Å². The van der Waals surface area contributed by atoms with Gasteiger partial charge in [0, 0.05) is 30.2 Å². The van der Waals surface area contributed by atoms with Crippen molar-refractivity contribution >= 4 is 23.2 Å². The number of halogens is 1. The lowest BCUT2D eigenvalue weighted by Crippen LogP contribution is -2.21. The SMILES string of the molecule is COc1cc(OC)c(C2CC(=O)NCc3nc4ccccn4c32)cc1Cl. The summed E-state index contributed by atoms with van der Waals surface area (Å²) in [5.74, 6) is 0.890. The maximum atomic E-state index is 12.3. The van der Waals surface area contributed by atoms with Gasteiger partial charge in [-0.2, -0.15) is 0 Å². The minimum Gasteiger partial charge on any atom is -0.496 e. The van der Waals surface area contributed by atoms with Gasteiger partial charge in [0.15, 0.2) is 0 Å². The smallest absolute Gasteiger partial charge is 0.221 e. The van der Waals surface area contributed by atoms with Crippen molar-refractivity contribution in [3.05, 3.63) is 58.5 Å². The first-order valence-corrected chi connectivity index (χ1v) is 8.64. The van der Waals surface area contributed by atoms with E-state index in [0.717, 1.165) is 22.6 Å². The summed E-state index contributed by atoms with van der Waals surface area (Å²) in [6.07, 6.45) is 2.25. The second-order valence-corrected chi connectivity index (χ2v) is 6.54. The van der Waals surface area contributed by atoms with Crippen molar-refractivity contribution in [3.63, 3.8) is 0 Å². The van der Waals surface area contributed by atoms with Gasteiger partial charge < -0.3 is 19.2 Å². The average molecular weight is 372 g/mol. The summed E-state index contributed by atoms with van der Waals surface area (Å²) in [6.45, 7) is 0.401. The molecular formula is C19H18ClN3O3. The third-order valence-electron chi connectivity index (χ3n) is 4.70. The van der Waals surface area contributed by atoms with Gasteiger partial charge in [0.05, 0.1) is 37.2 Å². The van der Waals surface area contributed by atoms with E-state index in [9.17, 15) is 4.79 Å². The summed E-state index contributed by atoms with van der Waals surface area (Å²) in [5, 5.41) is 3.40. The predicted molar refractivity (Wildman–Crippen MR) is 98.1 cm³/mol. The number of nitrogens with zero attached hydrogens (tertiary/aromatic N) is 2. The third kappa shape index (κ3) is 2.66. The highest BCUT2D eigenvalue weighted by atomic mass is 35.5. The Balaban J connectivity index is 1.96. The molecule has 3 aromatic rings. The summed E-state index contributed by atoms with van der Waals surface area (Å²) in [5.41, 5.74) is 3.50. The first-order valence-electron chi connectivity index (χ1n) is 8.26. The van der Waals surface area contributed by atoms with E-state index in [-0.39, 0.29) is 18.2 Å². The zero-order valence-corrected chi connectivity index (χ0v) is 15.2. The molecule has 0 bridgehead atoms. The molecule has 134 valence electrons. The van der Waals surface area contributed by atoms with Gasteiger partial charge in [-0.3, -0.25) is 4.79 Å². The molecule has 7 heteroatoms. The highest BCUT2D eigenvalue weighted by Gasteiger charge is 2.31. The molecule has 1 amide bonds. The van der Waals surface area contributed by atoms with Gasteiger partial charge in [0.1, 0.15) is 17.1 Å². The molecule has 0 saturated carbocycles. The molecule has 6 nitrogen and oxygen atoms in total. The number of imidazole rings is 1. The van der Waals surface area contributed by atoms with Crippen LogP contribution in [0, 0.1) is 0 Å². The molecule has 1 atom stereocenters. The molecule has 4 rings (SSSR count). The largest absolute Gasteiger partial charge is 0.496 e. The molecule has 0 saturated heterocycles. The van der Waals surface area contributed by atoms with Gasteiger partial charge in [0.2, 0.25) is 5.91 Å². The summed E-state index contributed by atoms with van der Waals surface area (Å²) in [6, 6.07) is 9.41. The summed E-state index contributed by atoms with van der Waals surface area (Å²) in [7, 11) is 3.15. The van der Waals surface area contributed by atoms with Crippen molar-refractivity contribution in [1.82, 2.24) is 14.7 Å². The van der Waals surface area contributed by atoms with Crippen LogP contribution >= 0.6 is 11.6 Å². The maximum absolute atomic E-state index is 12.3. The van der Waals surface area contributed by atoms with Crippen LogP contribution in [-0.2, 0) is 11.3 Å². The van der Waals surface area contributed by atoms with Crippen LogP contribution < -0.4 is 14.8 Å². The molecule has 3 heterocycles. The number of ether oxygens (including phenoxy) is 2. The lowest BCUT2D eigenvalue weighted by atomic mass is 9.90. The summed E-state index contributed by atoms with van der Waals surface area (Å²) in [4.78, 5) is 17.0. The highest BCUT2D eigenvalue weighted by Crippen LogP contribution is 2.42. The van der Waals surface area contributed by atoms with E-state index < -0.39 is 0 Å². The summed E-state index contributed by atoms with van der Waals surface area (Å²) >= 11 is 6.37. The molecule has 1 N–H and O–H groups in total. The van der Waals surface area contributed by atoms with Crippen molar-refractivity contribution in [2.75, 3.05) is 14.2 Å². The van der Waals surface area contributed by atoms with E-state index in [1.807, 2.05) is 34.9 Å². The van der Waals surface area contributed by atoms with Gasteiger partial charge in [-0.25, -0.2) is 4.98 Å². The molecule has 0 fully saturated rings. The van der Waals surface area contributed by atoms with Gasteiger partial charge in [-0.1, -0.05) is 17.7 Å². The lowest BCUT2D eigenvalue weighted by molar-refractivity contribution is -0.121. The van der Waals surface area contributed by atoms with Crippen LogP contribution in [-0.4, -0.2) is 29.5 Å². The Labute approximate surface area is 155 Å². The molecule has 2 aromatic heterocycles. The molecule has 26 heavy (non-hydrogen) atoms. The molecule has 0 spiro atoms. The maximum Gasteiger partial charge on any atom is 0.221 e. The minimum absolute atomic E-state index is 0.0355. The zero-order chi connectivity index (χ0) is 18.3. The lowest BCUT2D eigenvalue weighted by Gasteiger charge is -2.20. The number of nitrogens with one attached hydrogen (secondary N) is 1. The number of benzene rings is 1. The summed E-state index contributed by atoms with van der Waals surface area (Å²) < 4.78 is 12.9. The predicted octanol–water partition coefficient (Wildman–Crippen LogP) is 3.16. The Morgan fingerprint density at radius 2 is 2.04 bits per heavy atom. The topological polar surface area (TPSA) is 64.9 Å². The number of amides is 1. The van der Waals surface area contributed by atoms with Crippen molar-refractivity contribution in [1.29, 1.82) is 0 Å². The number of aromatic nitrogens is 2. The van der Waals surface area contributed by atoms with Crippen molar-refractivity contribution < 1.29 is 14.3 Å². The Kier molecular flexibility index (Phi) is 4.20. The fourth-order valence-electron chi connectivity index (χ4n) is 3.51. The van der Waals surface area contributed by atoms with Crippen molar-refractivity contribution in [3.8, 4) is 11.5 Å². The number of carbonyl (C=O) groups is 1. The number of carbonyl (C=O) groups excluding carboxylic acids is 1. The first-order chi connectivity index (χ1) is 12.6. The van der Waals surface area contributed by atoms with Gasteiger partial charge in [-0.15, -0.1) is 0 Å². The van der Waals surface area contributed by atoms with Crippen molar-refractivity contribution in [2.24, 2.45) is 0 Å². The van der Waals surface area contributed by atoms with Gasteiger partial charge >= 0.3 is 0 Å². The standard InChI is InChI=1S/C19H18ClN3O3/c1-25-15-9-16(26-2)13(20)7-11(15)12-8-18(24)21-10-14-19(12)23-6-4-3-5-17(23)22-14/h3-7,9,12H,8,10H2,1-2H3,(H,21,24). The molecule has 0 aliphatic carbocycles. The van der Waals surface area contributed by atoms with E-state index in [1.165, 1.54) is 0 Å². The highest BCUT2D eigenvalue weighted by molar-refractivity contribution is 6.32. The number of hydrogen-bond donors (Lipinski definition) is 1. The van der Waals surface area contributed by atoms with Crippen LogP contribution in [0.1, 0.15) is 29.3 Å². The number of methoxy groups -OCH3 is 2. The Morgan fingerprint density at radius 3 is 2.81 bits per heavy atom. The van der Waals surface area contributed by atoms with E-state index in [4.69, 9.17) is 21.1 Å². The molecule has 1 aromatic carbocycles. The van der Waals surface area contributed by atoms with Crippen LogP contribution in [0.2, 0.25) is 5.02 Å². The number of fused-ring (bicyclic) bond motifs is 3. The van der Waals surface area contributed by atoms with E-state index >= 15 is 0 Å². The Morgan fingerprint density at radius 1 is 1.23 bits per heavy atom. The quantitative estimate of drug-likeness (QED) is 0.768. The van der Waals surface area contributed by atoms with E-state index in [2.05, 4.69) is 10.3 Å². The minimum atomic E-state index is -0.233. The fraction of sp³-hybridized carbons (Fsp3) is 0.263. The van der Waals surface area contributed by atoms with Crippen LogP contribution in [0.25, 0.3) is 5.65 Å². The molecule has 0 radical (unpaired) electrons. The van der Waals surface area contributed by atoms with Gasteiger partial charge in [0.25, 0.3) is 0 Å². The van der Waals surface area contributed by atoms with Crippen molar-refractivity contribution in [2.45, 2.75) is 18.9 Å². The Hall–Kier alpha value is -2.73. The molecular weight excluding hydrogens is 354 g/mol. The van der Waals surface area contributed by atoms with Crippen LogP contribution in [0.4, 0.5) is 0 Å². The fourth-order valence-corrected chi connectivity index (χ4v) is 3.76.